The van der Waals surface area contributed by atoms with Crippen molar-refractivity contribution in [1.82, 2.24) is 14.8 Å². The molecule has 3 aromatic rings. The van der Waals surface area contributed by atoms with Crippen LogP contribution in [0.5, 0.6) is 11.5 Å². The molecule has 1 aromatic carbocycles. The Balaban J connectivity index is 1.62. The maximum Gasteiger partial charge on any atom is 0.163 e. The molecule has 0 atom stereocenters. The first kappa shape index (κ1) is 16.6. The van der Waals surface area contributed by atoms with E-state index in [9.17, 15) is 10.2 Å². The molecule has 3 heterocycles. The van der Waals surface area contributed by atoms with Crippen molar-refractivity contribution in [3.63, 3.8) is 0 Å². The fourth-order valence-electron chi connectivity index (χ4n) is 4.53. The molecule has 1 aliphatic heterocycles. The summed E-state index contributed by atoms with van der Waals surface area (Å²) in [5.41, 5.74) is 4.55. The molecule has 5 rings (SSSR count). The highest BCUT2D eigenvalue weighted by Gasteiger charge is 2.40. The topological polar surface area (TPSA) is 80.4 Å². The Labute approximate surface area is 157 Å². The van der Waals surface area contributed by atoms with Crippen LogP contribution in [-0.2, 0) is 6.42 Å². The van der Waals surface area contributed by atoms with E-state index in [1.165, 1.54) is 0 Å². The van der Waals surface area contributed by atoms with E-state index in [1.54, 1.807) is 0 Å². The Bertz CT molecular complexity index is 1080. The highest BCUT2D eigenvalue weighted by molar-refractivity contribution is 5.86. The van der Waals surface area contributed by atoms with Gasteiger partial charge in [0.25, 0.3) is 0 Å². The summed E-state index contributed by atoms with van der Waals surface area (Å²) in [5, 5.41) is 30.8. The van der Waals surface area contributed by atoms with Crippen molar-refractivity contribution in [3.8, 4) is 22.8 Å². The molecule has 0 bridgehead atoms. The van der Waals surface area contributed by atoms with Gasteiger partial charge >= 0.3 is 0 Å². The first-order chi connectivity index (χ1) is 12.8. The molecule has 2 N–H and O–H groups in total. The summed E-state index contributed by atoms with van der Waals surface area (Å²) in [7, 11) is 0. The van der Waals surface area contributed by atoms with Gasteiger partial charge in [0, 0.05) is 35.2 Å². The maximum absolute atomic E-state index is 10.8. The maximum atomic E-state index is 10.8. The van der Waals surface area contributed by atoms with Crippen molar-refractivity contribution in [2.45, 2.75) is 51.7 Å². The molecule has 6 heteroatoms. The van der Waals surface area contributed by atoms with Gasteiger partial charge in [0.2, 0.25) is 0 Å². The van der Waals surface area contributed by atoms with E-state index in [-0.39, 0.29) is 11.8 Å². The fourth-order valence-corrected chi connectivity index (χ4v) is 4.53. The van der Waals surface area contributed by atoms with Gasteiger partial charge in [-0.25, -0.2) is 0 Å². The van der Waals surface area contributed by atoms with Gasteiger partial charge in [-0.2, -0.15) is 0 Å². The Kier molecular flexibility index (Phi) is 3.35. The van der Waals surface area contributed by atoms with Gasteiger partial charge in [-0.15, -0.1) is 10.2 Å². The zero-order valence-electron chi connectivity index (χ0n) is 15.8. The highest BCUT2D eigenvalue weighted by atomic mass is 16.5. The number of aryl methyl sites for hydroxylation is 2. The van der Waals surface area contributed by atoms with Crippen LogP contribution in [0.15, 0.2) is 18.3 Å². The summed E-state index contributed by atoms with van der Waals surface area (Å²) in [6.07, 6.45) is 4.25. The number of rotatable bonds is 2. The number of aromatic nitrogens is 3. The van der Waals surface area contributed by atoms with Gasteiger partial charge in [0.05, 0.1) is 17.9 Å². The smallest absolute Gasteiger partial charge is 0.163 e. The predicted octanol–water partition coefficient (Wildman–Crippen LogP) is 3.44. The van der Waals surface area contributed by atoms with Crippen molar-refractivity contribution < 1.29 is 14.9 Å². The van der Waals surface area contributed by atoms with Crippen LogP contribution in [0.1, 0.15) is 42.5 Å². The normalized spacial score (nSPS) is 23.9. The second-order valence-corrected chi connectivity index (χ2v) is 8.24. The SMILES string of the molecule is Cc1cc2c(c(O)c1-c1cc3c(C)cn(C4CC(C)(O)C4)c3nn1)CCO2. The van der Waals surface area contributed by atoms with Crippen molar-refractivity contribution in [2.24, 2.45) is 0 Å². The number of phenols is 1. The van der Waals surface area contributed by atoms with E-state index >= 15 is 0 Å². The van der Waals surface area contributed by atoms with Crippen LogP contribution in [0.3, 0.4) is 0 Å². The summed E-state index contributed by atoms with van der Waals surface area (Å²) in [6, 6.07) is 4.23. The fraction of sp³-hybridized carbons (Fsp3) is 0.429. The quantitative estimate of drug-likeness (QED) is 0.727. The minimum Gasteiger partial charge on any atom is -0.507 e. The molecule has 2 aromatic heterocycles. The van der Waals surface area contributed by atoms with Gasteiger partial charge in [-0.3, -0.25) is 0 Å². The van der Waals surface area contributed by atoms with Gasteiger partial charge in [-0.05, 0) is 56.9 Å². The van der Waals surface area contributed by atoms with Crippen LogP contribution in [0.25, 0.3) is 22.3 Å². The Hall–Kier alpha value is -2.60. The van der Waals surface area contributed by atoms with Crippen molar-refractivity contribution in [3.05, 3.63) is 35.0 Å². The number of aliphatic hydroxyl groups is 1. The number of phenolic OH excluding ortho intramolecular Hbond substituents is 1. The van der Waals surface area contributed by atoms with E-state index in [0.29, 0.717) is 18.7 Å². The van der Waals surface area contributed by atoms with Gasteiger partial charge in [0.15, 0.2) is 5.65 Å². The summed E-state index contributed by atoms with van der Waals surface area (Å²) in [5.74, 6) is 1.02. The summed E-state index contributed by atoms with van der Waals surface area (Å²) >= 11 is 0. The third-order valence-electron chi connectivity index (χ3n) is 5.95. The third kappa shape index (κ3) is 2.43. The summed E-state index contributed by atoms with van der Waals surface area (Å²) in [4.78, 5) is 0. The third-order valence-corrected chi connectivity index (χ3v) is 5.95. The van der Waals surface area contributed by atoms with E-state index in [0.717, 1.165) is 51.9 Å². The lowest BCUT2D eigenvalue weighted by Crippen LogP contribution is -2.41. The molecule has 1 aliphatic carbocycles. The lowest BCUT2D eigenvalue weighted by atomic mass is 9.77. The highest BCUT2D eigenvalue weighted by Crippen LogP contribution is 2.45. The molecule has 0 unspecified atom stereocenters. The van der Waals surface area contributed by atoms with Crippen LogP contribution in [0.2, 0.25) is 0 Å². The number of hydrogen-bond donors (Lipinski definition) is 2. The van der Waals surface area contributed by atoms with Crippen LogP contribution in [0, 0.1) is 13.8 Å². The largest absolute Gasteiger partial charge is 0.507 e. The first-order valence-corrected chi connectivity index (χ1v) is 9.40. The number of fused-ring (bicyclic) bond motifs is 2. The summed E-state index contributed by atoms with van der Waals surface area (Å²) < 4.78 is 7.71. The number of hydrogen-bond acceptors (Lipinski definition) is 5. The van der Waals surface area contributed by atoms with E-state index in [1.807, 2.05) is 26.0 Å². The molecule has 0 saturated heterocycles. The second-order valence-electron chi connectivity index (χ2n) is 8.24. The molecule has 6 nitrogen and oxygen atoms in total. The molecular weight excluding hydrogens is 342 g/mol. The minimum atomic E-state index is -0.585. The van der Waals surface area contributed by atoms with E-state index < -0.39 is 5.60 Å². The molecule has 140 valence electrons. The van der Waals surface area contributed by atoms with E-state index in [2.05, 4.69) is 27.9 Å². The molecule has 27 heavy (non-hydrogen) atoms. The number of aromatic hydroxyl groups is 1. The van der Waals surface area contributed by atoms with E-state index in [4.69, 9.17) is 4.74 Å². The number of ether oxygens (including phenoxy) is 1. The standard InChI is InChI=1S/C21H23N3O3/c1-11-6-17-14(4-5-27-17)19(25)18(11)16-7-15-12(2)10-24(20(15)23-22-16)13-8-21(3,26)9-13/h6-7,10,13,25-26H,4-5,8-9H2,1-3H3. The van der Waals surface area contributed by atoms with Crippen LogP contribution in [-0.4, -0.2) is 37.2 Å². The lowest BCUT2D eigenvalue weighted by Gasteiger charge is -2.41. The molecule has 1 saturated carbocycles. The zero-order valence-corrected chi connectivity index (χ0v) is 15.8. The first-order valence-electron chi connectivity index (χ1n) is 9.40. The Morgan fingerprint density at radius 1 is 1.19 bits per heavy atom. The molecule has 0 amide bonds. The van der Waals surface area contributed by atoms with Gasteiger partial charge in [-0.1, -0.05) is 0 Å². The van der Waals surface area contributed by atoms with Crippen molar-refractivity contribution in [1.29, 1.82) is 0 Å². The average Bonchev–Trinajstić information content (AvgIpc) is 3.17. The van der Waals surface area contributed by atoms with Crippen molar-refractivity contribution in [2.75, 3.05) is 6.61 Å². The number of nitrogens with zero attached hydrogens (tertiary/aromatic N) is 3. The monoisotopic (exact) mass is 365 g/mol. The zero-order chi connectivity index (χ0) is 18.9. The number of benzene rings is 1. The summed E-state index contributed by atoms with van der Waals surface area (Å²) in [6.45, 7) is 6.49. The van der Waals surface area contributed by atoms with Gasteiger partial charge in [0.1, 0.15) is 11.5 Å². The van der Waals surface area contributed by atoms with Gasteiger partial charge < -0.3 is 19.5 Å². The van der Waals surface area contributed by atoms with Crippen LogP contribution < -0.4 is 4.74 Å². The van der Waals surface area contributed by atoms with Crippen LogP contribution >= 0.6 is 0 Å². The Morgan fingerprint density at radius 3 is 2.70 bits per heavy atom. The molecule has 2 aliphatic rings. The molecule has 0 spiro atoms. The molecular formula is C21H23N3O3. The Morgan fingerprint density at radius 2 is 1.96 bits per heavy atom. The molecule has 1 fully saturated rings. The predicted molar refractivity (Wildman–Crippen MR) is 102 cm³/mol. The van der Waals surface area contributed by atoms with Crippen molar-refractivity contribution >= 4 is 11.0 Å². The minimum absolute atomic E-state index is 0.253. The van der Waals surface area contributed by atoms with Crippen LogP contribution in [0.4, 0.5) is 0 Å². The lowest BCUT2D eigenvalue weighted by molar-refractivity contribution is -0.0498. The second kappa shape index (κ2) is 5.45. The molecule has 0 radical (unpaired) electrons. The average molecular weight is 365 g/mol.